The van der Waals surface area contributed by atoms with E-state index in [4.69, 9.17) is 0 Å². The van der Waals surface area contributed by atoms with Crippen LogP contribution in [-0.4, -0.2) is 30.5 Å². The van der Waals surface area contributed by atoms with E-state index in [-0.39, 0.29) is 43.4 Å². The summed E-state index contributed by atoms with van der Waals surface area (Å²) in [5.41, 5.74) is 2.56. The van der Waals surface area contributed by atoms with Crippen LogP contribution in [0.1, 0.15) is 33.6 Å². The van der Waals surface area contributed by atoms with Gasteiger partial charge in [-0.1, -0.05) is 0 Å². The lowest BCUT2D eigenvalue weighted by atomic mass is 10.1. The summed E-state index contributed by atoms with van der Waals surface area (Å²) < 4.78 is 1.65. The second kappa shape index (κ2) is 6.91. The monoisotopic (exact) mass is 321 g/mol. The Morgan fingerprint density at radius 3 is 2.13 bits per heavy atom. The predicted molar refractivity (Wildman–Crippen MR) is 80.5 cm³/mol. The lowest BCUT2D eigenvalue weighted by molar-refractivity contribution is -0.695. The highest BCUT2D eigenvalue weighted by Crippen LogP contribution is 2.26. The average Bonchev–Trinajstić information content (AvgIpc) is 2.55. The van der Waals surface area contributed by atoms with Crippen molar-refractivity contribution in [3.63, 3.8) is 0 Å². The van der Waals surface area contributed by atoms with Crippen LogP contribution < -0.4 is 4.57 Å². The van der Waals surface area contributed by atoms with Crippen LogP contribution in [0, 0.1) is 13.8 Å². The molecule has 0 unspecified atom stereocenters. The average molecular weight is 321 g/mol. The van der Waals surface area contributed by atoms with E-state index in [0.717, 1.165) is 0 Å². The summed E-state index contributed by atoms with van der Waals surface area (Å²) in [6.07, 6.45) is 3.10. The van der Waals surface area contributed by atoms with Crippen molar-refractivity contribution in [3.8, 4) is 11.5 Å². The molecule has 0 fully saturated rings. The van der Waals surface area contributed by atoms with Gasteiger partial charge in [-0.25, -0.2) is 0 Å². The highest BCUT2D eigenvalue weighted by molar-refractivity contribution is 5.41. The van der Waals surface area contributed by atoms with E-state index < -0.39 is 0 Å². The van der Waals surface area contributed by atoms with Gasteiger partial charge >= 0.3 is 0 Å². The van der Waals surface area contributed by atoms with Crippen molar-refractivity contribution >= 4 is 0 Å². The van der Waals surface area contributed by atoms with Crippen LogP contribution in [0.5, 0.6) is 11.5 Å². The second-order valence-electron chi connectivity index (χ2n) is 5.37. The molecule has 2 rings (SSSR count). The van der Waals surface area contributed by atoms with Gasteiger partial charge in [-0.2, -0.15) is 4.57 Å². The zero-order valence-corrected chi connectivity index (χ0v) is 13.1. The standard InChI is InChI=1S/C16H20N2O5/c1-9-15(22)13(11(6-19)3-17-9)5-18-4-12(7-20)14(8-21)16(23)10(18)2/h3-4,19-21H,5-8H2,1-2H3,(H-,22,23)/p+1. The van der Waals surface area contributed by atoms with Crippen molar-refractivity contribution in [1.82, 2.24) is 4.98 Å². The first-order valence-corrected chi connectivity index (χ1v) is 7.17. The summed E-state index contributed by atoms with van der Waals surface area (Å²) in [6, 6.07) is 0. The minimum atomic E-state index is -0.384. The number of pyridine rings is 2. The minimum absolute atomic E-state index is 0.0141. The van der Waals surface area contributed by atoms with Gasteiger partial charge in [0.2, 0.25) is 5.69 Å². The van der Waals surface area contributed by atoms with Crippen LogP contribution in [0.2, 0.25) is 0 Å². The quantitative estimate of drug-likeness (QED) is 0.492. The van der Waals surface area contributed by atoms with Gasteiger partial charge in [0.1, 0.15) is 5.75 Å². The SMILES string of the molecule is Cc1ncc(CO)c(C[n+]2cc(CO)c(CO)c(O)c2C)c1O. The molecule has 0 spiro atoms. The summed E-state index contributed by atoms with van der Waals surface area (Å²) >= 11 is 0. The maximum absolute atomic E-state index is 10.2. The number of aromatic nitrogens is 2. The van der Waals surface area contributed by atoms with E-state index in [1.807, 2.05) is 0 Å². The van der Waals surface area contributed by atoms with E-state index in [0.29, 0.717) is 28.1 Å². The van der Waals surface area contributed by atoms with Gasteiger partial charge in [0.25, 0.3) is 0 Å². The van der Waals surface area contributed by atoms with Gasteiger partial charge in [-0.3, -0.25) is 4.98 Å². The summed E-state index contributed by atoms with van der Waals surface area (Å²) in [6.45, 7) is 2.51. The summed E-state index contributed by atoms with van der Waals surface area (Å²) in [4.78, 5) is 4.01. The number of aryl methyl sites for hydroxylation is 1. The molecule has 0 saturated heterocycles. The highest BCUT2D eigenvalue weighted by Gasteiger charge is 2.23. The molecule has 0 aliphatic carbocycles. The van der Waals surface area contributed by atoms with Crippen molar-refractivity contribution in [2.75, 3.05) is 0 Å². The molecule has 124 valence electrons. The molecule has 7 nitrogen and oxygen atoms in total. The molecule has 0 aromatic carbocycles. The van der Waals surface area contributed by atoms with E-state index in [9.17, 15) is 25.5 Å². The third kappa shape index (κ3) is 3.12. The molecule has 23 heavy (non-hydrogen) atoms. The van der Waals surface area contributed by atoms with Crippen molar-refractivity contribution < 1.29 is 30.1 Å². The summed E-state index contributed by atoms with van der Waals surface area (Å²) in [5.74, 6) is -0.116. The number of aromatic hydroxyl groups is 2. The van der Waals surface area contributed by atoms with Crippen LogP contribution in [0.15, 0.2) is 12.4 Å². The Bertz CT molecular complexity index is 731. The fraction of sp³-hybridized carbons (Fsp3) is 0.375. The number of nitrogens with zero attached hydrogens (tertiary/aromatic N) is 2. The van der Waals surface area contributed by atoms with Crippen molar-refractivity contribution in [1.29, 1.82) is 0 Å². The van der Waals surface area contributed by atoms with Crippen LogP contribution in [-0.2, 0) is 26.4 Å². The molecular weight excluding hydrogens is 300 g/mol. The summed E-state index contributed by atoms with van der Waals surface area (Å²) in [5, 5.41) is 48.6. The Balaban J connectivity index is 2.58. The van der Waals surface area contributed by atoms with Crippen LogP contribution in [0.25, 0.3) is 0 Å². The first kappa shape index (κ1) is 17.1. The molecule has 5 N–H and O–H groups in total. The Morgan fingerprint density at radius 2 is 1.57 bits per heavy atom. The fourth-order valence-electron chi connectivity index (χ4n) is 2.51. The number of rotatable bonds is 5. The minimum Gasteiger partial charge on any atom is -0.505 e. The van der Waals surface area contributed by atoms with Crippen molar-refractivity contribution in [3.05, 3.63) is 46.0 Å². The molecule has 0 aliphatic rings. The Morgan fingerprint density at radius 1 is 0.913 bits per heavy atom. The third-order valence-corrected chi connectivity index (χ3v) is 4.02. The van der Waals surface area contributed by atoms with Gasteiger partial charge in [-0.05, 0) is 6.92 Å². The molecule has 7 heteroatoms. The van der Waals surface area contributed by atoms with E-state index in [1.165, 1.54) is 6.20 Å². The van der Waals surface area contributed by atoms with Gasteiger partial charge in [0.05, 0.1) is 36.6 Å². The number of aliphatic hydroxyl groups is 3. The van der Waals surface area contributed by atoms with Crippen LogP contribution >= 0.6 is 0 Å². The fourth-order valence-corrected chi connectivity index (χ4v) is 2.51. The highest BCUT2D eigenvalue weighted by atomic mass is 16.3. The normalized spacial score (nSPS) is 11.0. The molecule has 2 heterocycles. The molecule has 0 radical (unpaired) electrons. The molecule has 0 amide bonds. The Kier molecular flexibility index (Phi) is 5.15. The topological polar surface area (TPSA) is 118 Å². The van der Waals surface area contributed by atoms with Gasteiger partial charge < -0.3 is 25.5 Å². The van der Waals surface area contributed by atoms with Gasteiger partial charge in [-0.15, -0.1) is 0 Å². The predicted octanol–water partition coefficient (Wildman–Crippen LogP) is -0.0777. The lowest BCUT2D eigenvalue weighted by Crippen LogP contribution is -2.39. The second-order valence-corrected chi connectivity index (χ2v) is 5.37. The molecule has 2 aromatic heterocycles. The molecule has 2 aromatic rings. The van der Waals surface area contributed by atoms with Crippen molar-refractivity contribution in [2.24, 2.45) is 0 Å². The first-order chi connectivity index (χ1) is 10.9. The first-order valence-electron chi connectivity index (χ1n) is 7.17. The molecule has 0 bridgehead atoms. The lowest BCUT2D eigenvalue weighted by Gasteiger charge is -2.13. The van der Waals surface area contributed by atoms with Crippen molar-refractivity contribution in [2.45, 2.75) is 40.2 Å². The maximum atomic E-state index is 10.2. The number of aliphatic hydroxyl groups excluding tert-OH is 3. The Hall–Kier alpha value is -2.22. The van der Waals surface area contributed by atoms with Crippen LogP contribution in [0.4, 0.5) is 0 Å². The number of hydrogen-bond acceptors (Lipinski definition) is 6. The summed E-state index contributed by atoms with van der Waals surface area (Å²) in [7, 11) is 0. The third-order valence-electron chi connectivity index (χ3n) is 4.02. The molecular formula is C16H21N2O5+. The van der Waals surface area contributed by atoms with E-state index >= 15 is 0 Å². The van der Waals surface area contributed by atoms with Gasteiger partial charge in [0, 0.05) is 24.2 Å². The van der Waals surface area contributed by atoms with Crippen LogP contribution in [0.3, 0.4) is 0 Å². The van der Waals surface area contributed by atoms with E-state index in [1.54, 1.807) is 24.6 Å². The zero-order valence-electron chi connectivity index (χ0n) is 13.1. The molecule has 0 atom stereocenters. The maximum Gasteiger partial charge on any atom is 0.220 e. The molecule has 0 saturated carbocycles. The zero-order chi connectivity index (χ0) is 17.1. The van der Waals surface area contributed by atoms with Gasteiger partial charge in [0.15, 0.2) is 18.5 Å². The Labute approximate surface area is 133 Å². The van der Waals surface area contributed by atoms with E-state index in [2.05, 4.69) is 4.98 Å². The number of hydrogen-bond donors (Lipinski definition) is 5. The largest absolute Gasteiger partial charge is 0.505 e. The molecule has 0 aliphatic heterocycles. The smallest absolute Gasteiger partial charge is 0.220 e.